The molecule has 2 N–H and O–H groups in total. The Kier molecular flexibility index (Phi) is 3.64. The largest absolute Gasteiger partial charge is 0.332 e. The Balaban J connectivity index is 1.95. The quantitative estimate of drug-likeness (QED) is 0.804. The van der Waals surface area contributed by atoms with E-state index < -0.39 is 5.82 Å². The predicted molar refractivity (Wildman–Crippen MR) is 75.8 cm³/mol. The molecule has 1 aromatic carbocycles. The highest BCUT2D eigenvalue weighted by Gasteiger charge is 2.14. The van der Waals surface area contributed by atoms with Crippen LogP contribution < -0.4 is 5.73 Å². The maximum atomic E-state index is 13.0. The van der Waals surface area contributed by atoms with Crippen LogP contribution in [0, 0.1) is 5.82 Å². The van der Waals surface area contributed by atoms with Crippen molar-refractivity contribution in [2.24, 2.45) is 5.73 Å². The van der Waals surface area contributed by atoms with Crippen LogP contribution in [0.25, 0.3) is 23.0 Å². The first-order chi connectivity index (χ1) is 10.2. The summed E-state index contributed by atoms with van der Waals surface area (Å²) in [6.45, 7) is 0.410. The second-order valence-corrected chi connectivity index (χ2v) is 4.71. The Morgan fingerprint density at radius 3 is 2.76 bits per heavy atom. The van der Waals surface area contributed by atoms with Crippen LogP contribution in [0.15, 0.2) is 41.1 Å². The van der Waals surface area contributed by atoms with Crippen LogP contribution in [-0.2, 0) is 6.54 Å². The van der Waals surface area contributed by atoms with Crippen molar-refractivity contribution in [2.75, 3.05) is 0 Å². The van der Waals surface area contributed by atoms with Gasteiger partial charge in [0.15, 0.2) is 0 Å². The number of nitrogens with zero attached hydrogens (tertiary/aromatic N) is 3. The lowest BCUT2D eigenvalue weighted by molar-refractivity contribution is 0.431. The van der Waals surface area contributed by atoms with E-state index in [0.29, 0.717) is 17.8 Å². The van der Waals surface area contributed by atoms with Gasteiger partial charge in [0, 0.05) is 18.3 Å². The molecule has 0 atom stereocenters. The normalized spacial score (nSPS) is 10.8. The van der Waals surface area contributed by atoms with Gasteiger partial charge in [0.25, 0.3) is 5.89 Å². The summed E-state index contributed by atoms with van der Waals surface area (Å²) in [4.78, 5) is 8.41. The Morgan fingerprint density at radius 1 is 1.24 bits per heavy atom. The molecule has 0 spiro atoms. The molecule has 5 nitrogen and oxygen atoms in total. The van der Waals surface area contributed by atoms with Gasteiger partial charge in [0.1, 0.15) is 11.5 Å². The molecule has 0 amide bonds. The molecule has 0 aliphatic rings. The number of pyridine rings is 1. The smallest absolute Gasteiger partial charge is 0.276 e. The summed E-state index contributed by atoms with van der Waals surface area (Å²) in [5.74, 6) is 0.111. The highest BCUT2D eigenvalue weighted by Crippen LogP contribution is 2.27. The van der Waals surface area contributed by atoms with E-state index in [1.165, 1.54) is 18.2 Å². The first-order valence-corrected chi connectivity index (χ1v) is 6.49. The molecule has 0 radical (unpaired) electrons. The Morgan fingerprint density at radius 2 is 2.10 bits per heavy atom. The molecule has 0 bridgehead atoms. The first-order valence-electron chi connectivity index (χ1n) is 6.12. The monoisotopic (exact) mass is 304 g/mol. The minimum absolute atomic E-state index is 0.216. The lowest BCUT2D eigenvalue weighted by atomic mass is 10.2. The summed E-state index contributed by atoms with van der Waals surface area (Å²) in [6, 6.07) is 7.55. The van der Waals surface area contributed by atoms with E-state index in [4.69, 9.17) is 21.9 Å². The molecule has 0 saturated carbocycles. The summed E-state index contributed by atoms with van der Waals surface area (Å²) in [7, 11) is 0. The van der Waals surface area contributed by atoms with Crippen molar-refractivity contribution in [1.29, 1.82) is 0 Å². The number of benzene rings is 1. The van der Waals surface area contributed by atoms with Gasteiger partial charge in [-0.1, -0.05) is 22.8 Å². The molecule has 0 aliphatic heterocycles. The first kappa shape index (κ1) is 13.7. The van der Waals surface area contributed by atoms with Crippen LogP contribution in [0.5, 0.6) is 0 Å². The second-order valence-electron chi connectivity index (χ2n) is 4.30. The molecule has 3 rings (SSSR count). The van der Waals surface area contributed by atoms with Gasteiger partial charge in [-0.05, 0) is 29.8 Å². The van der Waals surface area contributed by atoms with Gasteiger partial charge in [-0.3, -0.25) is 4.98 Å². The van der Waals surface area contributed by atoms with Crippen LogP contribution in [0.4, 0.5) is 4.39 Å². The standard InChI is InChI=1S/C14H10ClFN4O/c15-11-5-9(16)2-3-10(11)13-19-14(21-20-13)12-4-1-8(6-17)7-18-12/h1-5,7H,6,17H2. The minimum atomic E-state index is -0.425. The molecule has 106 valence electrons. The third-order valence-electron chi connectivity index (χ3n) is 2.88. The fraction of sp³-hybridized carbons (Fsp3) is 0.0714. The molecule has 0 unspecified atom stereocenters. The molecule has 0 saturated heterocycles. The lowest BCUT2D eigenvalue weighted by Gasteiger charge is -1.98. The summed E-state index contributed by atoms with van der Waals surface area (Å²) >= 11 is 5.97. The molecule has 2 heterocycles. The highest BCUT2D eigenvalue weighted by atomic mass is 35.5. The number of rotatable bonds is 3. The summed E-state index contributed by atoms with van der Waals surface area (Å²) in [5.41, 5.74) is 7.44. The zero-order valence-electron chi connectivity index (χ0n) is 10.8. The molecule has 0 fully saturated rings. The van der Waals surface area contributed by atoms with Gasteiger partial charge < -0.3 is 10.3 Å². The predicted octanol–water partition coefficient (Wildman–Crippen LogP) is 3.05. The van der Waals surface area contributed by atoms with Crippen molar-refractivity contribution < 1.29 is 8.91 Å². The molecule has 7 heteroatoms. The van der Waals surface area contributed by atoms with Crippen molar-refractivity contribution >= 4 is 11.6 Å². The highest BCUT2D eigenvalue weighted by molar-refractivity contribution is 6.33. The van der Waals surface area contributed by atoms with Crippen LogP contribution >= 0.6 is 11.6 Å². The van der Waals surface area contributed by atoms with Crippen LogP contribution in [-0.4, -0.2) is 15.1 Å². The third kappa shape index (κ3) is 2.76. The Hall–Kier alpha value is -2.31. The third-order valence-corrected chi connectivity index (χ3v) is 3.19. The minimum Gasteiger partial charge on any atom is -0.332 e. The summed E-state index contributed by atoms with van der Waals surface area (Å²) in [5, 5.41) is 4.05. The molecule has 2 aromatic heterocycles. The van der Waals surface area contributed by atoms with Gasteiger partial charge in [0.05, 0.1) is 5.02 Å². The van der Waals surface area contributed by atoms with Gasteiger partial charge in [0.2, 0.25) is 5.82 Å². The fourth-order valence-corrected chi connectivity index (χ4v) is 2.03. The summed E-state index contributed by atoms with van der Waals surface area (Å²) in [6.07, 6.45) is 1.64. The number of halogens is 2. The Labute approximate surface area is 124 Å². The summed E-state index contributed by atoms with van der Waals surface area (Å²) < 4.78 is 18.2. The lowest BCUT2D eigenvalue weighted by Crippen LogP contribution is -1.96. The number of aromatic nitrogens is 3. The van der Waals surface area contributed by atoms with E-state index in [0.717, 1.165) is 5.56 Å². The topological polar surface area (TPSA) is 77.8 Å². The average Bonchev–Trinajstić information content (AvgIpc) is 2.97. The molecule has 21 heavy (non-hydrogen) atoms. The van der Waals surface area contributed by atoms with Gasteiger partial charge in [-0.25, -0.2) is 4.39 Å². The average molecular weight is 305 g/mol. The SMILES string of the molecule is NCc1ccc(-c2nc(-c3ccc(F)cc3Cl)no2)nc1. The van der Waals surface area contributed by atoms with E-state index in [1.54, 1.807) is 12.3 Å². The van der Waals surface area contributed by atoms with Crippen LogP contribution in [0.2, 0.25) is 5.02 Å². The molecular formula is C14H10ClFN4O. The van der Waals surface area contributed by atoms with E-state index in [9.17, 15) is 4.39 Å². The van der Waals surface area contributed by atoms with E-state index in [2.05, 4.69) is 15.1 Å². The van der Waals surface area contributed by atoms with Gasteiger partial charge >= 0.3 is 0 Å². The van der Waals surface area contributed by atoms with Gasteiger partial charge in [-0.15, -0.1) is 0 Å². The zero-order valence-corrected chi connectivity index (χ0v) is 11.5. The number of nitrogens with two attached hydrogens (primary N) is 1. The Bertz CT molecular complexity index is 773. The molecular weight excluding hydrogens is 295 g/mol. The van der Waals surface area contributed by atoms with Crippen molar-refractivity contribution in [3.8, 4) is 23.0 Å². The molecule has 3 aromatic rings. The van der Waals surface area contributed by atoms with Crippen molar-refractivity contribution in [3.05, 3.63) is 52.9 Å². The second kappa shape index (κ2) is 5.59. The van der Waals surface area contributed by atoms with E-state index in [1.807, 2.05) is 6.07 Å². The van der Waals surface area contributed by atoms with Crippen LogP contribution in [0.3, 0.4) is 0 Å². The van der Waals surface area contributed by atoms with E-state index >= 15 is 0 Å². The van der Waals surface area contributed by atoms with E-state index in [-0.39, 0.29) is 16.7 Å². The fourth-order valence-electron chi connectivity index (χ4n) is 1.78. The maximum absolute atomic E-state index is 13.0. The number of hydrogen-bond acceptors (Lipinski definition) is 5. The number of hydrogen-bond donors (Lipinski definition) is 1. The van der Waals surface area contributed by atoms with Gasteiger partial charge in [-0.2, -0.15) is 4.98 Å². The molecule has 0 aliphatic carbocycles. The van der Waals surface area contributed by atoms with Crippen molar-refractivity contribution in [1.82, 2.24) is 15.1 Å². The van der Waals surface area contributed by atoms with Crippen molar-refractivity contribution in [2.45, 2.75) is 6.54 Å². The zero-order chi connectivity index (χ0) is 14.8. The maximum Gasteiger partial charge on any atom is 0.276 e. The van der Waals surface area contributed by atoms with Crippen molar-refractivity contribution in [3.63, 3.8) is 0 Å². The van der Waals surface area contributed by atoms with Crippen LogP contribution in [0.1, 0.15) is 5.56 Å².